The van der Waals surface area contributed by atoms with E-state index in [1.54, 1.807) is 4.90 Å². The fourth-order valence-corrected chi connectivity index (χ4v) is 5.56. The minimum absolute atomic E-state index is 0.0371. The van der Waals surface area contributed by atoms with E-state index in [0.29, 0.717) is 16.5 Å². The normalized spacial score (nSPS) is 15.0. The van der Waals surface area contributed by atoms with E-state index in [0.717, 1.165) is 17.8 Å². The minimum Gasteiger partial charge on any atom is -0.339 e. The van der Waals surface area contributed by atoms with Crippen LogP contribution in [0.5, 0.6) is 0 Å². The van der Waals surface area contributed by atoms with Gasteiger partial charge in [0.05, 0.1) is 10.6 Å². The van der Waals surface area contributed by atoms with Crippen LogP contribution in [0.2, 0.25) is 0 Å². The predicted octanol–water partition coefficient (Wildman–Crippen LogP) is 1.56. The zero-order valence-electron chi connectivity index (χ0n) is 17.3. The zero-order valence-corrected chi connectivity index (χ0v) is 18.9. The minimum atomic E-state index is -3.83. The Hall–Kier alpha value is -3.03. The third-order valence-corrected chi connectivity index (χ3v) is 7.94. The van der Waals surface area contributed by atoms with E-state index in [2.05, 4.69) is 10.2 Å². The van der Waals surface area contributed by atoms with Crippen LogP contribution in [0.4, 0.5) is 8.78 Å². The van der Waals surface area contributed by atoms with Crippen LogP contribution in [0.1, 0.15) is 0 Å². The highest BCUT2D eigenvalue weighted by atomic mass is 32.2. The lowest BCUT2D eigenvalue weighted by atomic mass is 10.2. The lowest BCUT2D eigenvalue weighted by Crippen LogP contribution is -2.51. The number of benzene rings is 2. The molecular formula is C20H20F2N6O3S2. The Bertz CT molecular complexity index is 1260. The standard InChI is InChI=1S/C20H20F2N6O3S2/c21-15-6-4-14(5-7-15)19-24-25-20(28(19)23)32-13-18(29)26-8-10-27(11-9-26)33(30,31)17-3-1-2-16(22)12-17/h1-7,12H,8-11,13,23H2. The van der Waals surface area contributed by atoms with Crippen molar-refractivity contribution in [2.24, 2.45) is 0 Å². The first kappa shape index (κ1) is 23.1. The van der Waals surface area contributed by atoms with Crippen molar-refractivity contribution in [2.45, 2.75) is 10.1 Å². The average molecular weight is 495 g/mol. The summed E-state index contributed by atoms with van der Waals surface area (Å²) >= 11 is 1.10. The maximum atomic E-state index is 13.4. The molecule has 174 valence electrons. The Morgan fingerprint density at radius 2 is 1.70 bits per heavy atom. The molecule has 3 aromatic rings. The second-order valence-electron chi connectivity index (χ2n) is 7.21. The largest absolute Gasteiger partial charge is 0.339 e. The fourth-order valence-electron chi connectivity index (χ4n) is 3.34. The van der Waals surface area contributed by atoms with Crippen molar-refractivity contribution in [1.29, 1.82) is 0 Å². The number of nitrogen functional groups attached to an aromatic ring is 1. The topological polar surface area (TPSA) is 114 Å². The molecule has 0 bridgehead atoms. The van der Waals surface area contributed by atoms with Gasteiger partial charge in [0, 0.05) is 31.7 Å². The molecule has 1 aromatic heterocycles. The van der Waals surface area contributed by atoms with E-state index in [9.17, 15) is 22.0 Å². The molecule has 1 aliphatic heterocycles. The lowest BCUT2D eigenvalue weighted by Gasteiger charge is -2.34. The summed E-state index contributed by atoms with van der Waals surface area (Å²) in [5.41, 5.74) is 0.584. The van der Waals surface area contributed by atoms with Crippen molar-refractivity contribution in [1.82, 2.24) is 24.1 Å². The lowest BCUT2D eigenvalue weighted by molar-refractivity contribution is -0.129. The molecule has 0 spiro atoms. The van der Waals surface area contributed by atoms with Crippen LogP contribution in [0.25, 0.3) is 11.4 Å². The first-order chi connectivity index (χ1) is 15.8. The van der Waals surface area contributed by atoms with E-state index in [1.807, 2.05) is 0 Å². The summed E-state index contributed by atoms with van der Waals surface area (Å²) in [5, 5.41) is 8.30. The SMILES string of the molecule is Nn1c(SCC(=O)N2CCN(S(=O)(=O)c3cccc(F)c3)CC2)nnc1-c1ccc(F)cc1. The Morgan fingerprint density at radius 1 is 1.00 bits per heavy atom. The van der Waals surface area contributed by atoms with Crippen molar-refractivity contribution >= 4 is 27.7 Å². The van der Waals surface area contributed by atoms with Crippen LogP contribution in [-0.2, 0) is 14.8 Å². The molecule has 2 heterocycles. The summed E-state index contributed by atoms with van der Waals surface area (Å²) in [6.45, 7) is 0.641. The summed E-state index contributed by atoms with van der Waals surface area (Å²) in [5.74, 6) is 5.18. The van der Waals surface area contributed by atoms with Crippen LogP contribution >= 0.6 is 11.8 Å². The number of aromatic nitrogens is 3. The highest BCUT2D eigenvalue weighted by molar-refractivity contribution is 7.99. The highest BCUT2D eigenvalue weighted by Gasteiger charge is 2.30. The first-order valence-corrected chi connectivity index (χ1v) is 12.3. The zero-order chi connectivity index (χ0) is 23.6. The molecular weight excluding hydrogens is 474 g/mol. The molecule has 1 saturated heterocycles. The monoisotopic (exact) mass is 494 g/mol. The van der Waals surface area contributed by atoms with E-state index in [-0.39, 0.29) is 48.6 Å². The number of hydrogen-bond donors (Lipinski definition) is 1. The van der Waals surface area contributed by atoms with Crippen LogP contribution < -0.4 is 5.84 Å². The Balaban J connectivity index is 1.33. The van der Waals surface area contributed by atoms with Gasteiger partial charge in [-0.3, -0.25) is 4.79 Å². The number of carbonyl (C=O) groups is 1. The van der Waals surface area contributed by atoms with Gasteiger partial charge in [0.15, 0.2) is 5.82 Å². The molecule has 2 N–H and O–H groups in total. The summed E-state index contributed by atoms with van der Waals surface area (Å²) in [7, 11) is -3.83. The second-order valence-corrected chi connectivity index (χ2v) is 10.1. The highest BCUT2D eigenvalue weighted by Crippen LogP contribution is 2.23. The van der Waals surface area contributed by atoms with Gasteiger partial charge in [-0.05, 0) is 42.5 Å². The van der Waals surface area contributed by atoms with Crippen molar-refractivity contribution in [3.63, 3.8) is 0 Å². The van der Waals surface area contributed by atoms with Gasteiger partial charge in [-0.1, -0.05) is 17.8 Å². The average Bonchev–Trinajstić information content (AvgIpc) is 3.18. The Morgan fingerprint density at radius 3 is 2.36 bits per heavy atom. The number of piperazine rings is 1. The number of sulfonamides is 1. The number of hydrogen-bond acceptors (Lipinski definition) is 7. The van der Waals surface area contributed by atoms with E-state index in [4.69, 9.17) is 5.84 Å². The van der Waals surface area contributed by atoms with Crippen molar-refractivity contribution in [3.05, 3.63) is 60.2 Å². The van der Waals surface area contributed by atoms with Gasteiger partial charge >= 0.3 is 0 Å². The molecule has 1 amide bonds. The van der Waals surface area contributed by atoms with Gasteiger partial charge in [0.2, 0.25) is 21.1 Å². The van der Waals surface area contributed by atoms with Crippen molar-refractivity contribution in [2.75, 3.05) is 37.8 Å². The van der Waals surface area contributed by atoms with Crippen molar-refractivity contribution in [3.8, 4) is 11.4 Å². The molecule has 4 rings (SSSR count). The second kappa shape index (κ2) is 9.45. The maximum absolute atomic E-state index is 13.4. The number of amides is 1. The molecule has 9 nitrogen and oxygen atoms in total. The third-order valence-electron chi connectivity index (χ3n) is 5.12. The summed E-state index contributed by atoms with van der Waals surface area (Å²) < 4.78 is 54.4. The number of rotatable bonds is 6. The van der Waals surface area contributed by atoms with Crippen LogP contribution in [-0.4, -0.2) is 70.3 Å². The molecule has 0 aliphatic carbocycles. The summed E-state index contributed by atoms with van der Waals surface area (Å²) in [4.78, 5) is 14.1. The third kappa shape index (κ3) is 4.99. The van der Waals surface area contributed by atoms with E-state index < -0.39 is 15.8 Å². The molecule has 0 radical (unpaired) electrons. The smallest absolute Gasteiger partial charge is 0.243 e. The molecule has 0 atom stereocenters. The first-order valence-electron chi connectivity index (χ1n) is 9.88. The Kier molecular flexibility index (Phi) is 6.63. The van der Waals surface area contributed by atoms with Gasteiger partial charge in [-0.2, -0.15) is 4.31 Å². The number of thioether (sulfide) groups is 1. The van der Waals surface area contributed by atoms with Crippen LogP contribution in [0, 0.1) is 11.6 Å². The maximum Gasteiger partial charge on any atom is 0.243 e. The number of nitrogens with two attached hydrogens (primary N) is 1. The summed E-state index contributed by atoms with van der Waals surface area (Å²) in [6.07, 6.45) is 0. The van der Waals surface area contributed by atoms with E-state index >= 15 is 0 Å². The van der Waals surface area contributed by atoms with Crippen molar-refractivity contribution < 1.29 is 22.0 Å². The quantitative estimate of drug-likeness (QED) is 0.409. The molecule has 33 heavy (non-hydrogen) atoms. The Labute approximate surface area is 193 Å². The summed E-state index contributed by atoms with van der Waals surface area (Å²) in [6, 6.07) is 10.5. The van der Waals surface area contributed by atoms with Gasteiger partial charge in [0.1, 0.15) is 11.6 Å². The number of halogens is 2. The van der Waals surface area contributed by atoms with Gasteiger partial charge in [-0.25, -0.2) is 21.9 Å². The number of nitrogens with zero attached hydrogens (tertiary/aromatic N) is 5. The van der Waals surface area contributed by atoms with Crippen LogP contribution in [0.15, 0.2) is 58.6 Å². The van der Waals surface area contributed by atoms with E-state index in [1.165, 1.54) is 51.4 Å². The van der Waals surface area contributed by atoms with Gasteiger partial charge in [-0.15, -0.1) is 10.2 Å². The predicted molar refractivity (Wildman–Crippen MR) is 118 cm³/mol. The molecule has 1 fully saturated rings. The fraction of sp³-hybridized carbons (Fsp3) is 0.250. The molecule has 13 heteroatoms. The molecule has 0 saturated carbocycles. The van der Waals surface area contributed by atoms with Gasteiger partial charge in [0.25, 0.3) is 0 Å². The number of carbonyl (C=O) groups excluding carboxylic acids is 1. The molecule has 1 aliphatic rings. The van der Waals surface area contributed by atoms with Gasteiger partial charge < -0.3 is 10.7 Å². The molecule has 2 aromatic carbocycles. The van der Waals surface area contributed by atoms with Crippen LogP contribution in [0.3, 0.4) is 0 Å². The molecule has 0 unspecified atom stereocenters.